The van der Waals surface area contributed by atoms with E-state index >= 15 is 0 Å². The molecule has 3 N–H and O–H groups in total. The number of amides is 1. The fraction of sp³-hybridized carbons (Fsp3) is 0.500. The number of hydrogen-bond donors (Lipinski definition) is 2. The molecule has 0 unspecified atom stereocenters. The largest absolute Gasteiger partial charge is 0.377 e. The van der Waals surface area contributed by atoms with E-state index in [1.807, 2.05) is 0 Å². The maximum atomic E-state index is 12.2. The Labute approximate surface area is 125 Å². The first-order valence-corrected chi connectivity index (χ1v) is 8.48. The molecule has 0 spiro atoms. The Balaban J connectivity index is 2.30. The lowest BCUT2D eigenvalue weighted by atomic mass is 10.1. The molecule has 1 fully saturated rings. The normalized spacial score (nSPS) is 16.0. The molecule has 0 aromatic heterocycles. The van der Waals surface area contributed by atoms with Crippen molar-refractivity contribution in [2.45, 2.75) is 36.6 Å². The number of benzene rings is 1. The molecule has 6 nitrogen and oxygen atoms in total. The van der Waals surface area contributed by atoms with Gasteiger partial charge in [0.25, 0.3) is 5.91 Å². The van der Waals surface area contributed by atoms with Crippen molar-refractivity contribution < 1.29 is 13.2 Å². The number of primary sulfonamides is 1. The van der Waals surface area contributed by atoms with Crippen LogP contribution in [0.15, 0.2) is 23.1 Å². The first-order chi connectivity index (χ1) is 9.79. The summed E-state index contributed by atoms with van der Waals surface area (Å²) in [5.74, 6) is -0.253. The lowest BCUT2D eigenvalue weighted by Gasteiger charge is -2.18. The Morgan fingerprint density at radius 3 is 2.43 bits per heavy atom. The molecule has 1 saturated carbocycles. The minimum absolute atomic E-state index is 0.0356. The van der Waals surface area contributed by atoms with Gasteiger partial charge in [0.15, 0.2) is 0 Å². The zero-order valence-electron chi connectivity index (χ0n) is 12.3. The molecule has 7 heteroatoms. The predicted octanol–water partition coefficient (Wildman–Crippen LogP) is 1.07. The number of nitrogens with two attached hydrogens (primary N) is 1. The lowest BCUT2D eigenvalue weighted by molar-refractivity contribution is 0.0937. The van der Waals surface area contributed by atoms with Gasteiger partial charge in [-0.1, -0.05) is 12.8 Å². The van der Waals surface area contributed by atoms with Gasteiger partial charge >= 0.3 is 0 Å². The standard InChI is InChI=1S/C14H21N3O3S/c1-17(2)12-8-7-10(9-13(12)21(15,19)20)14(18)16-11-5-3-4-6-11/h7-9,11H,3-6H2,1-2H3,(H,16,18)(H2,15,19,20). The summed E-state index contributed by atoms with van der Waals surface area (Å²) >= 11 is 0. The topological polar surface area (TPSA) is 92.5 Å². The Hall–Kier alpha value is -1.60. The third-order valence-electron chi connectivity index (χ3n) is 3.70. The van der Waals surface area contributed by atoms with Gasteiger partial charge in [0.2, 0.25) is 10.0 Å². The molecule has 1 aliphatic rings. The van der Waals surface area contributed by atoms with Gasteiger partial charge in [0.1, 0.15) is 4.90 Å². The monoisotopic (exact) mass is 311 g/mol. The molecule has 116 valence electrons. The number of nitrogens with zero attached hydrogens (tertiary/aromatic N) is 1. The molecule has 2 rings (SSSR count). The van der Waals surface area contributed by atoms with Gasteiger partial charge in [0, 0.05) is 25.7 Å². The summed E-state index contributed by atoms with van der Waals surface area (Å²) < 4.78 is 23.4. The average Bonchev–Trinajstić information content (AvgIpc) is 2.89. The molecule has 0 heterocycles. The molecule has 21 heavy (non-hydrogen) atoms. The second kappa shape index (κ2) is 6.03. The van der Waals surface area contributed by atoms with Gasteiger partial charge in [-0.15, -0.1) is 0 Å². The van der Waals surface area contributed by atoms with E-state index in [4.69, 9.17) is 5.14 Å². The van der Waals surface area contributed by atoms with Crippen molar-refractivity contribution in [3.8, 4) is 0 Å². The predicted molar refractivity (Wildman–Crippen MR) is 81.9 cm³/mol. The molecular weight excluding hydrogens is 290 g/mol. The number of carbonyl (C=O) groups is 1. The van der Waals surface area contributed by atoms with Gasteiger partial charge < -0.3 is 10.2 Å². The smallest absolute Gasteiger partial charge is 0.251 e. The maximum absolute atomic E-state index is 12.2. The zero-order chi connectivity index (χ0) is 15.6. The maximum Gasteiger partial charge on any atom is 0.251 e. The van der Waals surface area contributed by atoms with Crippen LogP contribution in [-0.4, -0.2) is 34.5 Å². The van der Waals surface area contributed by atoms with E-state index < -0.39 is 10.0 Å². The van der Waals surface area contributed by atoms with Crippen LogP contribution >= 0.6 is 0 Å². The van der Waals surface area contributed by atoms with Crippen molar-refractivity contribution in [1.29, 1.82) is 0 Å². The minimum Gasteiger partial charge on any atom is -0.377 e. The zero-order valence-corrected chi connectivity index (χ0v) is 13.1. The van der Waals surface area contributed by atoms with E-state index in [9.17, 15) is 13.2 Å². The molecule has 1 amide bonds. The average molecular weight is 311 g/mol. The van der Waals surface area contributed by atoms with Crippen molar-refractivity contribution in [3.05, 3.63) is 23.8 Å². The molecule has 1 aliphatic carbocycles. The molecule has 0 radical (unpaired) electrons. The molecule has 0 saturated heterocycles. The summed E-state index contributed by atoms with van der Waals surface area (Å²) in [4.78, 5) is 13.8. The van der Waals surface area contributed by atoms with Crippen LogP contribution in [0, 0.1) is 0 Å². The number of carbonyl (C=O) groups excluding carboxylic acids is 1. The van der Waals surface area contributed by atoms with Crippen molar-refractivity contribution >= 4 is 21.6 Å². The molecule has 1 aromatic carbocycles. The van der Waals surface area contributed by atoms with Crippen LogP contribution in [0.4, 0.5) is 5.69 Å². The first kappa shape index (κ1) is 15.8. The molecule has 0 aliphatic heterocycles. The highest BCUT2D eigenvalue weighted by atomic mass is 32.2. The number of rotatable bonds is 4. The molecule has 1 aromatic rings. The summed E-state index contributed by atoms with van der Waals surface area (Å²) in [6.07, 6.45) is 4.19. The van der Waals surface area contributed by atoms with Crippen LogP contribution in [0.25, 0.3) is 0 Å². The first-order valence-electron chi connectivity index (χ1n) is 6.94. The minimum atomic E-state index is -3.88. The fourth-order valence-corrected chi connectivity index (χ4v) is 3.42. The lowest BCUT2D eigenvalue weighted by Crippen LogP contribution is -2.32. The van der Waals surface area contributed by atoms with Crippen LogP contribution < -0.4 is 15.4 Å². The Morgan fingerprint density at radius 2 is 1.90 bits per heavy atom. The van der Waals surface area contributed by atoms with Crippen LogP contribution in [0.3, 0.4) is 0 Å². The van der Waals surface area contributed by atoms with Crippen molar-refractivity contribution in [2.75, 3.05) is 19.0 Å². The Bertz CT molecular complexity index is 635. The Kier molecular flexibility index (Phi) is 4.53. The van der Waals surface area contributed by atoms with Crippen LogP contribution in [-0.2, 0) is 10.0 Å². The molecule has 0 atom stereocenters. The molecule has 0 bridgehead atoms. The third kappa shape index (κ3) is 3.74. The molecular formula is C14H21N3O3S. The highest BCUT2D eigenvalue weighted by Gasteiger charge is 2.21. The summed E-state index contributed by atoms with van der Waals surface area (Å²) in [6.45, 7) is 0. The van der Waals surface area contributed by atoms with Gasteiger partial charge in [0.05, 0.1) is 5.69 Å². The number of nitrogens with one attached hydrogen (secondary N) is 1. The van der Waals surface area contributed by atoms with E-state index in [2.05, 4.69) is 5.32 Å². The van der Waals surface area contributed by atoms with Gasteiger partial charge in [-0.3, -0.25) is 4.79 Å². The van der Waals surface area contributed by atoms with E-state index in [1.54, 1.807) is 31.1 Å². The van der Waals surface area contributed by atoms with E-state index in [0.29, 0.717) is 11.3 Å². The Morgan fingerprint density at radius 1 is 1.29 bits per heavy atom. The van der Waals surface area contributed by atoms with Crippen molar-refractivity contribution in [3.63, 3.8) is 0 Å². The van der Waals surface area contributed by atoms with Crippen LogP contribution in [0.1, 0.15) is 36.0 Å². The second-order valence-corrected chi connectivity index (χ2v) is 7.11. The van der Waals surface area contributed by atoms with Crippen molar-refractivity contribution in [2.24, 2.45) is 5.14 Å². The summed E-state index contributed by atoms with van der Waals surface area (Å²) in [7, 11) is -0.434. The fourth-order valence-electron chi connectivity index (χ4n) is 2.59. The van der Waals surface area contributed by atoms with Gasteiger partial charge in [-0.25, -0.2) is 13.6 Å². The highest BCUT2D eigenvalue weighted by Crippen LogP contribution is 2.24. The summed E-state index contributed by atoms with van der Waals surface area (Å²) in [5, 5.41) is 8.18. The SMILES string of the molecule is CN(C)c1ccc(C(=O)NC2CCCC2)cc1S(N)(=O)=O. The van der Waals surface area contributed by atoms with Crippen LogP contribution in [0.5, 0.6) is 0 Å². The van der Waals surface area contributed by atoms with E-state index in [-0.39, 0.29) is 16.8 Å². The van der Waals surface area contributed by atoms with Gasteiger partial charge in [-0.05, 0) is 31.0 Å². The van der Waals surface area contributed by atoms with Gasteiger partial charge in [-0.2, -0.15) is 0 Å². The third-order valence-corrected chi connectivity index (χ3v) is 4.64. The summed E-state index contributed by atoms with van der Waals surface area (Å²) in [5.41, 5.74) is 0.784. The van der Waals surface area contributed by atoms with Crippen molar-refractivity contribution in [1.82, 2.24) is 5.32 Å². The number of sulfonamides is 1. The number of anilines is 1. The van der Waals surface area contributed by atoms with Crippen LogP contribution in [0.2, 0.25) is 0 Å². The second-order valence-electron chi connectivity index (χ2n) is 5.58. The number of hydrogen-bond acceptors (Lipinski definition) is 4. The highest BCUT2D eigenvalue weighted by molar-refractivity contribution is 7.89. The summed E-state index contributed by atoms with van der Waals surface area (Å²) in [6, 6.07) is 4.75. The van der Waals surface area contributed by atoms with E-state index in [0.717, 1.165) is 25.7 Å². The van der Waals surface area contributed by atoms with E-state index in [1.165, 1.54) is 6.07 Å². The quantitative estimate of drug-likeness (QED) is 0.870.